The summed E-state index contributed by atoms with van der Waals surface area (Å²) < 4.78 is 15.4. The van der Waals surface area contributed by atoms with Crippen molar-refractivity contribution in [2.75, 3.05) is 19.1 Å². The van der Waals surface area contributed by atoms with Gasteiger partial charge in [-0.2, -0.15) is 0 Å². The quantitative estimate of drug-likeness (QED) is 0.265. The van der Waals surface area contributed by atoms with E-state index in [1.807, 2.05) is 36.4 Å². The number of fused-ring (bicyclic) bond motifs is 4. The first-order valence-corrected chi connectivity index (χ1v) is 14.8. The van der Waals surface area contributed by atoms with Crippen LogP contribution in [0.5, 0.6) is 17.2 Å². The number of phenolic OH excluding ortho intramolecular Hbond substituents is 1. The monoisotopic (exact) mass is 628 g/mol. The zero-order valence-corrected chi connectivity index (χ0v) is 25.4. The topological polar surface area (TPSA) is 125 Å². The van der Waals surface area contributed by atoms with Crippen LogP contribution in [0.4, 0.5) is 5.69 Å². The maximum Gasteiger partial charge on any atom is 0.347 e. The summed E-state index contributed by atoms with van der Waals surface area (Å²) >= 11 is 6.34. The fourth-order valence-corrected chi connectivity index (χ4v) is 7.82. The molecule has 1 aromatic heterocycles. The first-order valence-electron chi connectivity index (χ1n) is 14.4. The van der Waals surface area contributed by atoms with Crippen LogP contribution in [0.25, 0.3) is 0 Å². The standard InChI is InChI=1S/C33H29ClN4O7/c1-35-31(42)36-13-12-22-24(38(36)32(35)43)17-23-29(40)37(20-11-7-10-19(34)14-20)30(41)33(23,18-8-5-4-6-9-18)28(22)27-25(44-2)15-21(39)16-26(27)45-3/h4-12,14-16,23-24,28,39H,13,17H2,1-3H3/t23-,24+,28+,33+/m0/s1. The molecular formula is C33H29ClN4O7. The van der Waals surface area contributed by atoms with E-state index in [1.54, 1.807) is 24.3 Å². The van der Waals surface area contributed by atoms with Crippen molar-refractivity contribution in [1.29, 1.82) is 0 Å². The Bertz CT molecular complexity index is 2020. The van der Waals surface area contributed by atoms with Crippen LogP contribution in [0.1, 0.15) is 29.5 Å². The summed E-state index contributed by atoms with van der Waals surface area (Å²) in [4.78, 5) is 57.7. The highest BCUT2D eigenvalue weighted by atomic mass is 35.5. The SMILES string of the molecule is COc1cc(O)cc(OC)c1[C@H]1C2=CCn3c(=O)n(C)c(=O)n3[C@@H]2C[C@H]2C(=O)N(c3cccc(Cl)c3)C(=O)[C@@]12c1ccccc1. The molecule has 45 heavy (non-hydrogen) atoms. The molecule has 0 bridgehead atoms. The van der Waals surface area contributed by atoms with Crippen molar-refractivity contribution in [1.82, 2.24) is 13.9 Å². The third kappa shape index (κ3) is 3.83. The minimum absolute atomic E-state index is 0.0605. The van der Waals surface area contributed by atoms with E-state index in [9.17, 15) is 19.5 Å². The number of halogens is 1. The Morgan fingerprint density at radius 1 is 0.911 bits per heavy atom. The number of imide groups is 1. The predicted octanol–water partition coefficient (Wildman–Crippen LogP) is 3.52. The summed E-state index contributed by atoms with van der Waals surface area (Å²) in [6.07, 6.45) is 1.91. The van der Waals surface area contributed by atoms with Gasteiger partial charge in [-0.15, -0.1) is 0 Å². The molecule has 7 rings (SSSR count). The number of carbonyl (C=O) groups excluding carboxylic acids is 2. The molecular weight excluding hydrogens is 600 g/mol. The number of amides is 2. The lowest BCUT2D eigenvalue weighted by atomic mass is 9.53. The normalized spacial score (nSPS) is 23.7. The summed E-state index contributed by atoms with van der Waals surface area (Å²) in [6, 6.07) is 17.7. The fraction of sp³-hybridized carbons (Fsp3) is 0.273. The molecule has 3 aromatic carbocycles. The van der Waals surface area contributed by atoms with Crippen LogP contribution in [0, 0.1) is 5.92 Å². The molecule has 0 radical (unpaired) electrons. The second-order valence-electron chi connectivity index (χ2n) is 11.4. The second kappa shape index (κ2) is 10.3. The Labute approximate surface area is 262 Å². The zero-order chi connectivity index (χ0) is 31.8. The predicted molar refractivity (Wildman–Crippen MR) is 165 cm³/mol. The van der Waals surface area contributed by atoms with Crippen molar-refractivity contribution in [3.63, 3.8) is 0 Å². The van der Waals surface area contributed by atoms with Gasteiger partial charge in [0, 0.05) is 35.7 Å². The number of methoxy groups -OCH3 is 2. The minimum Gasteiger partial charge on any atom is -0.508 e. The molecule has 11 nitrogen and oxygen atoms in total. The summed E-state index contributed by atoms with van der Waals surface area (Å²) in [6.45, 7) is 0.0651. The van der Waals surface area contributed by atoms with Crippen LogP contribution in [0.3, 0.4) is 0 Å². The average molecular weight is 629 g/mol. The summed E-state index contributed by atoms with van der Waals surface area (Å²) in [5.41, 5.74) is -0.577. The fourth-order valence-electron chi connectivity index (χ4n) is 7.64. The van der Waals surface area contributed by atoms with E-state index in [1.165, 1.54) is 47.7 Å². The maximum atomic E-state index is 15.3. The number of phenols is 1. The van der Waals surface area contributed by atoms with Gasteiger partial charge in [0.15, 0.2) is 0 Å². The Hall–Kier alpha value is -5.03. The number of rotatable bonds is 5. The van der Waals surface area contributed by atoms with Gasteiger partial charge in [-0.1, -0.05) is 54.1 Å². The molecule has 4 atom stereocenters. The van der Waals surface area contributed by atoms with Gasteiger partial charge in [-0.05, 0) is 35.8 Å². The number of aromatic nitrogens is 3. The number of carbonyl (C=O) groups is 2. The van der Waals surface area contributed by atoms with Crippen LogP contribution >= 0.6 is 11.6 Å². The minimum atomic E-state index is -1.54. The largest absolute Gasteiger partial charge is 0.508 e. The van der Waals surface area contributed by atoms with E-state index >= 15 is 4.79 Å². The number of allylic oxidation sites excluding steroid dienone is 2. The van der Waals surface area contributed by atoms with Gasteiger partial charge in [0.05, 0.1) is 43.8 Å². The first kappa shape index (κ1) is 28.7. The van der Waals surface area contributed by atoms with E-state index < -0.39 is 46.5 Å². The van der Waals surface area contributed by atoms with Crippen molar-refractivity contribution >= 4 is 29.1 Å². The molecule has 1 saturated heterocycles. The molecule has 12 heteroatoms. The molecule has 2 amide bonds. The Morgan fingerprint density at radius 2 is 1.60 bits per heavy atom. The number of hydrogen-bond acceptors (Lipinski definition) is 7. The van der Waals surface area contributed by atoms with E-state index in [-0.39, 0.29) is 30.2 Å². The maximum absolute atomic E-state index is 15.3. The van der Waals surface area contributed by atoms with E-state index in [4.69, 9.17) is 21.1 Å². The Balaban J connectivity index is 1.61. The number of benzene rings is 3. The van der Waals surface area contributed by atoms with E-state index in [2.05, 4.69) is 0 Å². The molecule has 1 saturated carbocycles. The second-order valence-corrected chi connectivity index (χ2v) is 11.9. The van der Waals surface area contributed by atoms with Gasteiger partial charge in [-0.3, -0.25) is 9.59 Å². The van der Waals surface area contributed by atoms with Crippen LogP contribution in [-0.2, 0) is 28.6 Å². The van der Waals surface area contributed by atoms with E-state index in [0.717, 1.165) is 4.57 Å². The van der Waals surface area contributed by atoms with Gasteiger partial charge in [-0.25, -0.2) is 28.4 Å². The number of aromatic hydroxyl groups is 1. The van der Waals surface area contributed by atoms with Crippen LogP contribution in [-0.4, -0.2) is 45.1 Å². The van der Waals surface area contributed by atoms with Gasteiger partial charge >= 0.3 is 11.4 Å². The molecule has 3 heterocycles. The van der Waals surface area contributed by atoms with Crippen molar-refractivity contribution in [3.8, 4) is 17.2 Å². The van der Waals surface area contributed by atoms with Crippen LogP contribution in [0.15, 0.2) is 88.0 Å². The molecule has 4 aromatic rings. The van der Waals surface area contributed by atoms with Crippen molar-refractivity contribution in [2.45, 2.75) is 30.3 Å². The summed E-state index contributed by atoms with van der Waals surface area (Å²) in [5, 5.41) is 10.9. The zero-order valence-electron chi connectivity index (χ0n) is 24.6. The lowest BCUT2D eigenvalue weighted by Crippen LogP contribution is -2.53. The highest BCUT2D eigenvalue weighted by molar-refractivity contribution is 6.32. The number of ether oxygens (including phenoxy) is 2. The molecule has 0 unspecified atom stereocenters. The van der Waals surface area contributed by atoms with Gasteiger partial charge in [0.25, 0.3) is 0 Å². The number of anilines is 1. The van der Waals surface area contributed by atoms with Crippen LogP contribution < -0.4 is 25.8 Å². The first-order chi connectivity index (χ1) is 21.6. The number of hydrogen-bond donors (Lipinski definition) is 1. The third-order valence-electron chi connectivity index (χ3n) is 9.44. The molecule has 2 fully saturated rings. The smallest absolute Gasteiger partial charge is 0.347 e. The highest BCUT2D eigenvalue weighted by Gasteiger charge is 2.69. The molecule has 3 aliphatic rings. The third-order valence-corrected chi connectivity index (χ3v) is 9.67. The highest BCUT2D eigenvalue weighted by Crippen LogP contribution is 2.64. The molecule has 0 spiro atoms. The average Bonchev–Trinajstić information content (AvgIpc) is 3.41. The van der Waals surface area contributed by atoms with Gasteiger partial charge < -0.3 is 14.6 Å². The van der Waals surface area contributed by atoms with Crippen molar-refractivity contribution < 1.29 is 24.2 Å². The van der Waals surface area contributed by atoms with E-state index in [0.29, 0.717) is 27.4 Å². The lowest BCUT2D eigenvalue weighted by Gasteiger charge is -2.49. The van der Waals surface area contributed by atoms with Crippen molar-refractivity contribution in [2.24, 2.45) is 13.0 Å². The van der Waals surface area contributed by atoms with Gasteiger partial charge in [0.1, 0.15) is 17.2 Å². The Kier molecular flexibility index (Phi) is 6.55. The number of nitrogens with zero attached hydrogens (tertiary/aromatic N) is 4. The molecule has 2 aliphatic heterocycles. The summed E-state index contributed by atoms with van der Waals surface area (Å²) in [5.74, 6) is -2.51. The molecule has 1 aliphatic carbocycles. The molecule has 230 valence electrons. The van der Waals surface area contributed by atoms with Crippen molar-refractivity contribution in [3.05, 3.63) is 115 Å². The van der Waals surface area contributed by atoms with Gasteiger partial charge in [0.2, 0.25) is 11.8 Å². The molecule has 1 N–H and O–H groups in total. The Morgan fingerprint density at radius 3 is 2.24 bits per heavy atom. The van der Waals surface area contributed by atoms with Crippen LogP contribution in [0.2, 0.25) is 5.02 Å². The lowest BCUT2D eigenvalue weighted by molar-refractivity contribution is -0.124. The summed E-state index contributed by atoms with van der Waals surface area (Å²) in [7, 11) is 4.30.